The van der Waals surface area contributed by atoms with Gasteiger partial charge in [0.1, 0.15) is 0 Å². The van der Waals surface area contributed by atoms with E-state index in [4.69, 9.17) is 0 Å². The summed E-state index contributed by atoms with van der Waals surface area (Å²) in [7, 11) is -3.25. The molecule has 0 aromatic rings. The van der Waals surface area contributed by atoms with Gasteiger partial charge in [-0.1, -0.05) is 0 Å². The van der Waals surface area contributed by atoms with Gasteiger partial charge >= 0.3 is 0 Å². The number of sulfonamides is 1. The molecular formula is C10H23N3O3S. The summed E-state index contributed by atoms with van der Waals surface area (Å²) in [4.78, 5) is 11.4. The van der Waals surface area contributed by atoms with Crippen molar-refractivity contribution in [2.75, 3.05) is 19.3 Å². The van der Waals surface area contributed by atoms with Crippen LogP contribution in [-0.4, -0.2) is 45.3 Å². The van der Waals surface area contributed by atoms with Crippen LogP contribution in [0.25, 0.3) is 0 Å². The van der Waals surface area contributed by atoms with E-state index >= 15 is 0 Å². The molecule has 0 heterocycles. The monoisotopic (exact) mass is 265 g/mol. The topological polar surface area (TPSA) is 87.3 Å². The molecule has 0 bridgehead atoms. The van der Waals surface area contributed by atoms with Crippen molar-refractivity contribution >= 4 is 15.9 Å². The van der Waals surface area contributed by atoms with Crippen LogP contribution in [0, 0.1) is 0 Å². The lowest BCUT2D eigenvalue weighted by Crippen LogP contribution is -2.53. The third-order valence-corrected chi connectivity index (χ3v) is 2.98. The summed E-state index contributed by atoms with van der Waals surface area (Å²) in [6.45, 7) is 8.05. The molecule has 0 spiro atoms. The number of likely N-dealkylation sites (N-methyl/N-ethyl adjacent to an activating group) is 1. The Labute approximate surface area is 104 Å². The second-order valence-electron chi connectivity index (χ2n) is 4.76. The van der Waals surface area contributed by atoms with Gasteiger partial charge in [-0.25, -0.2) is 13.1 Å². The van der Waals surface area contributed by atoms with Crippen molar-refractivity contribution in [3.63, 3.8) is 0 Å². The van der Waals surface area contributed by atoms with Crippen molar-refractivity contribution in [2.24, 2.45) is 0 Å². The van der Waals surface area contributed by atoms with E-state index in [2.05, 4.69) is 15.4 Å². The molecule has 1 amide bonds. The number of rotatable bonds is 7. The minimum Gasteiger partial charge on any atom is -0.355 e. The van der Waals surface area contributed by atoms with Gasteiger partial charge in [-0.05, 0) is 27.7 Å². The van der Waals surface area contributed by atoms with Crippen molar-refractivity contribution in [3.8, 4) is 0 Å². The van der Waals surface area contributed by atoms with Gasteiger partial charge in [-0.3, -0.25) is 4.79 Å². The van der Waals surface area contributed by atoms with Crippen LogP contribution in [0.5, 0.6) is 0 Å². The van der Waals surface area contributed by atoms with Crippen LogP contribution in [-0.2, 0) is 14.8 Å². The van der Waals surface area contributed by atoms with Gasteiger partial charge in [0.25, 0.3) is 0 Å². The molecule has 0 aliphatic rings. The van der Waals surface area contributed by atoms with E-state index in [1.165, 1.54) is 0 Å². The predicted molar refractivity (Wildman–Crippen MR) is 68.2 cm³/mol. The van der Waals surface area contributed by atoms with Crippen LogP contribution >= 0.6 is 0 Å². The maximum atomic E-state index is 11.4. The highest BCUT2D eigenvalue weighted by Crippen LogP contribution is 2.02. The molecule has 0 aliphatic heterocycles. The fraction of sp³-hybridized carbons (Fsp3) is 0.900. The number of amides is 1. The molecule has 1 unspecified atom stereocenters. The lowest BCUT2D eigenvalue weighted by Gasteiger charge is -2.27. The summed E-state index contributed by atoms with van der Waals surface area (Å²) in [5, 5.41) is 5.68. The molecule has 17 heavy (non-hydrogen) atoms. The summed E-state index contributed by atoms with van der Waals surface area (Å²) in [6.07, 6.45) is 1.11. The van der Waals surface area contributed by atoms with Gasteiger partial charge in [-0.2, -0.15) is 0 Å². The summed E-state index contributed by atoms with van der Waals surface area (Å²) in [5.74, 6) is -0.0948. The molecule has 6 nitrogen and oxygen atoms in total. The first-order chi connectivity index (χ1) is 7.57. The molecule has 1 atom stereocenters. The Bertz CT molecular complexity index is 352. The number of hydrogen-bond donors (Lipinski definition) is 3. The average Bonchev–Trinajstić information content (AvgIpc) is 2.10. The van der Waals surface area contributed by atoms with Crippen molar-refractivity contribution in [1.29, 1.82) is 0 Å². The Balaban J connectivity index is 4.22. The highest BCUT2D eigenvalue weighted by Gasteiger charge is 2.23. The molecule has 0 rings (SSSR count). The average molecular weight is 265 g/mol. The van der Waals surface area contributed by atoms with Crippen molar-refractivity contribution in [2.45, 2.75) is 39.3 Å². The third-order valence-electron chi connectivity index (χ3n) is 2.06. The van der Waals surface area contributed by atoms with Crippen LogP contribution in [0.1, 0.15) is 27.7 Å². The maximum Gasteiger partial charge on any atom is 0.236 e. The standard InChI is InChI=1S/C10H23N3O3S/c1-6-11-9(14)8(2)12-7-10(3,4)13-17(5,15)16/h8,12-13H,6-7H2,1-5H3,(H,11,14). The van der Waals surface area contributed by atoms with Gasteiger partial charge < -0.3 is 10.6 Å². The predicted octanol–water partition coefficient (Wildman–Crippen LogP) is -0.572. The molecular weight excluding hydrogens is 242 g/mol. The fourth-order valence-electron chi connectivity index (χ4n) is 1.37. The molecule has 0 aromatic heterocycles. The molecule has 0 aromatic carbocycles. The van der Waals surface area contributed by atoms with Crippen LogP contribution < -0.4 is 15.4 Å². The zero-order valence-electron chi connectivity index (χ0n) is 11.1. The van der Waals surface area contributed by atoms with Crippen molar-refractivity contribution < 1.29 is 13.2 Å². The summed E-state index contributed by atoms with van der Waals surface area (Å²) >= 11 is 0. The van der Waals surface area contributed by atoms with E-state index < -0.39 is 15.6 Å². The minimum atomic E-state index is -3.25. The zero-order valence-corrected chi connectivity index (χ0v) is 11.9. The molecule has 7 heteroatoms. The molecule has 0 fully saturated rings. The van der Waals surface area contributed by atoms with Crippen molar-refractivity contribution in [3.05, 3.63) is 0 Å². The number of carbonyl (C=O) groups is 1. The van der Waals surface area contributed by atoms with E-state index in [-0.39, 0.29) is 11.9 Å². The smallest absolute Gasteiger partial charge is 0.236 e. The third kappa shape index (κ3) is 8.12. The first-order valence-electron chi connectivity index (χ1n) is 5.57. The summed E-state index contributed by atoms with van der Waals surface area (Å²) < 4.78 is 24.7. The molecule has 102 valence electrons. The quantitative estimate of drug-likeness (QED) is 0.575. The zero-order chi connectivity index (χ0) is 13.7. The highest BCUT2D eigenvalue weighted by molar-refractivity contribution is 7.88. The van der Waals surface area contributed by atoms with E-state index in [1.54, 1.807) is 20.8 Å². The van der Waals surface area contributed by atoms with Crippen LogP contribution in [0.15, 0.2) is 0 Å². The minimum absolute atomic E-state index is 0.0948. The summed E-state index contributed by atoms with van der Waals surface area (Å²) in [6, 6.07) is -0.351. The SMILES string of the molecule is CCNC(=O)C(C)NCC(C)(C)NS(C)(=O)=O. The molecule has 3 N–H and O–H groups in total. The van der Waals surface area contributed by atoms with Gasteiger partial charge in [-0.15, -0.1) is 0 Å². The van der Waals surface area contributed by atoms with Crippen LogP contribution in [0.4, 0.5) is 0 Å². The van der Waals surface area contributed by atoms with Gasteiger partial charge in [0.05, 0.1) is 12.3 Å². The molecule has 0 saturated carbocycles. The lowest BCUT2D eigenvalue weighted by molar-refractivity contribution is -0.122. The Kier molecular flexibility index (Phi) is 6.08. The van der Waals surface area contributed by atoms with Crippen molar-refractivity contribution in [1.82, 2.24) is 15.4 Å². The van der Waals surface area contributed by atoms with E-state index in [0.717, 1.165) is 6.26 Å². The Hall–Kier alpha value is -0.660. The van der Waals surface area contributed by atoms with Gasteiger partial charge in [0, 0.05) is 18.6 Å². The van der Waals surface area contributed by atoms with Gasteiger partial charge in [0.2, 0.25) is 15.9 Å². The number of nitrogens with one attached hydrogen (secondary N) is 3. The number of hydrogen-bond acceptors (Lipinski definition) is 4. The summed E-state index contributed by atoms with van der Waals surface area (Å²) in [5.41, 5.74) is -0.631. The van der Waals surface area contributed by atoms with Crippen LogP contribution in [0.3, 0.4) is 0 Å². The largest absolute Gasteiger partial charge is 0.355 e. The van der Waals surface area contributed by atoms with E-state index in [1.807, 2.05) is 6.92 Å². The Morgan fingerprint density at radius 3 is 2.29 bits per heavy atom. The normalized spacial score (nSPS) is 14.4. The second-order valence-corrected chi connectivity index (χ2v) is 6.50. The number of carbonyl (C=O) groups excluding carboxylic acids is 1. The molecule has 0 radical (unpaired) electrons. The lowest BCUT2D eigenvalue weighted by atomic mass is 10.1. The molecule has 0 saturated heterocycles. The molecule has 0 aliphatic carbocycles. The van der Waals surface area contributed by atoms with E-state index in [0.29, 0.717) is 13.1 Å². The Morgan fingerprint density at radius 1 is 1.35 bits per heavy atom. The van der Waals surface area contributed by atoms with E-state index in [9.17, 15) is 13.2 Å². The maximum absolute atomic E-state index is 11.4. The fourth-order valence-corrected chi connectivity index (χ4v) is 2.44. The second kappa shape index (κ2) is 6.32. The van der Waals surface area contributed by atoms with Gasteiger partial charge in [0.15, 0.2) is 0 Å². The first kappa shape index (κ1) is 16.3. The van der Waals surface area contributed by atoms with Crippen LogP contribution in [0.2, 0.25) is 0 Å². The highest BCUT2D eigenvalue weighted by atomic mass is 32.2. The first-order valence-corrected chi connectivity index (χ1v) is 7.46. The Morgan fingerprint density at radius 2 is 1.88 bits per heavy atom.